The molecule has 0 aliphatic heterocycles. The van der Waals surface area contributed by atoms with Crippen molar-refractivity contribution in [2.45, 2.75) is 45.3 Å². The van der Waals surface area contributed by atoms with Crippen molar-refractivity contribution in [2.24, 2.45) is 11.8 Å². The third-order valence-electron chi connectivity index (χ3n) is 5.41. The van der Waals surface area contributed by atoms with Crippen LogP contribution in [-0.4, -0.2) is 23.7 Å². The molecule has 2 aliphatic rings. The third-order valence-corrected chi connectivity index (χ3v) is 5.70. The normalized spacial score (nSPS) is 16.3. The molecule has 3 aromatic heterocycles. The van der Waals surface area contributed by atoms with Crippen LogP contribution in [0.25, 0.3) is 11.2 Å². The monoisotopic (exact) mass is 421 g/mol. The van der Waals surface area contributed by atoms with Crippen LogP contribution in [0.3, 0.4) is 0 Å². The Bertz CT molecular complexity index is 1130. The molecule has 148 valence electrons. The minimum Gasteiger partial charge on any atom is -0.304 e. The Morgan fingerprint density at radius 3 is 2.32 bits per heavy atom. The van der Waals surface area contributed by atoms with E-state index in [0.29, 0.717) is 42.6 Å². The van der Waals surface area contributed by atoms with Crippen molar-refractivity contribution in [3.63, 3.8) is 0 Å². The predicted molar refractivity (Wildman–Crippen MR) is 109 cm³/mol. The zero-order chi connectivity index (χ0) is 18.5. The molecule has 0 N–H and O–H groups in total. The molecule has 2 saturated carbocycles. The van der Waals surface area contributed by atoms with Crippen molar-refractivity contribution in [2.75, 3.05) is 0 Å². The number of pyridine rings is 1. The minimum absolute atomic E-state index is 0. The SMILES string of the molecule is Cl.O=c1c2c(nc(Cl)n2Cc2cccnc2)n(CC2CC2)c(=O)n1CC1CC1. The molecule has 28 heavy (non-hydrogen) atoms. The van der Waals surface area contributed by atoms with Gasteiger partial charge in [-0.1, -0.05) is 6.07 Å². The quantitative estimate of drug-likeness (QED) is 0.573. The summed E-state index contributed by atoms with van der Waals surface area (Å²) < 4.78 is 4.74. The van der Waals surface area contributed by atoms with E-state index < -0.39 is 0 Å². The van der Waals surface area contributed by atoms with Crippen LogP contribution in [0.5, 0.6) is 0 Å². The highest BCUT2D eigenvalue weighted by Crippen LogP contribution is 2.32. The molecular weight excluding hydrogens is 401 g/mol. The zero-order valence-electron chi connectivity index (χ0n) is 15.3. The summed E-state index contributed by atoms with van der Waals surface area (Å²) in [7, 11) is 0. The van der Waals surface area contributed by atoms with Crippen molar-refractivity contribution in [1.82, 2.24) is 23.7 Å². The zero-order valence-corrected chi connectivity index (χ0v) is 16.8. The summed E-state index contributed by atoms with van der Waals surface area (Å²) in [5.74, 6) is 0.910. The van der Waals surface area contributed by atoms with Crippen LogP contribution in [0.1, 0.15) is 31.2 Å². The molecule has 0 saturated heterocycles. The molecule has 0 radical (unpaired) electrons. The molecule has 2 aliphatic carbocycles. The van der Waals surface area contributed by atoms with Crippen LogP contribution >= 0.6 is 24.0 Å². The lowest BCUT2D eigenvalue weighted by Crippen LogP contribution is -2.41. The highest BCUT2D eigenvalue weighted by Gasteiger charge is 2.29. The van der Waals surface area contributed by atoms with Gasteiger partial charge in [0.1, 0.15) is 0 Å². The fourth-order valence-corrected chi connectivity index (χ4v) is 3.75. The number of nitrogens with zero attached hydrogens (tertiary/aromatic N) is 5. The molecule has 9 heteroatoms. The first-order valence-electron chi connectivity index (χ1n) is 9.40. The lowest BCUT2D eigenvalue weighted by atomic mass is 10.3. The number of halogens is 2. The van der Waals surface area contributed by atoms with Crippen LogP contribution in [-0.2, 0) is 19.6 Å². The molecule has 0 amide bonds. The first-order valence-corrected chi connectivity index (χ1v) is 9.78. The molecular formula is C19H21Cl2N5O2. The van der Waals surface area contributed by atoms with Crippen molar-refractivity contribution >= 4 is 35.2 Å². The Labute approximate surface area is 172 Å². The van der Waals surface area contributed by atoms with Gasteiger partial charge in [-0.2, -0.15) is 4.98 Å². The topological polar surface area (TPSA) is 74.7 Å². The summed E-state index contributed by atoms with van der Waals surface area (Å²) in [6.07, 6.45) is 7.81. The highest BCUT2D eigenvalue weighted by atomic mass is 35.5. The van der Waals surface area contributed by atoms with Gasteiger partial charge in [0, 0.05) is 25.5 Å². The smallest absolute Gasteiger partial charge is 0.304 e. The van der Waals surface area contributed by atoms with Gasteiger partial charge in [-0.05, 0) is 60.7 Å². The van der Waals surface area contributed by atoms with Gasteiger partial charge < -0.3 is 4.57 Å². The molecule has 0 unspecified atom stereocenters. The van der Waals surface area contributed by atoms with Gasteiger partial charge in [-0.15, -0.1) is 12.4 Å². The summed E-state index contributed by atoms with van der Waals surface area (Å²) in [5, 5.41) is 0.221. The first kappa shape index (κ1) is 19.2. The maximum absolute atomic E-state index is 13.2. The van der Waals surface area contributed by atoms with Crippen LogP contribution in [0.15, 0.2) is 34.1 Å². The molecule has 0 spiro atoms. The summed E-state index contributed by atoms with van der Waals surface area (Å²) in [6.45, 7) is 1.47. The molecule has 3 heterocycles. The highest BCUT2D eigenvalue weighted by molar-refractivity contribution is 6.29. The fourth-order valence-electron chi connectivity index (χ4n) is 3.53. The van der Waals surface area contributed by atoms with Gasteiger partial charge in [0.05, 0.1) is 6.54 Å². The molecule has 0 aromatic carbocycles. The Morgan fingerprint density at radius 2 is 1.71 bits per heavy atom. The second kappa shape index (κ2) is 7.37. The van der Waals surface area contributed by atoms with Crippen LogP contribution in [0.4, 0.5) is 0 Å². The van der Waals surface area contributed by atoms with Gasteiger partial charge in [0.25, 0.3) is 5.56 Å². The lowest BCUT2D eigenvalue weighted by Gasteiger charge is -2.12. The largest absolute Gasteiger partial charge is 0.332 e. The predicted octanol–water partition coefficient (Wildman–Crippen LogP) is 2.70. The maximum atomic E-state index is 13.2. The van der Waals surface area contributed by atoms with Crippen LogP contribution in [0, 0.1) is 11.8 Å². The first-order chi connectivity index (χ1) is 13.1. The Hall–Kier alpha value is -2.12. The number of aromatic nitrogens is 5. The minimum atomic E-state index is -0.294. The summed E-state index contributed by atoms with van der Waals surface area (Å²) in [6, 6.07) is 3.77. The molecule has 7 nitrogen and oxygen atoms in total. The van der Waals surface area contributed by atoms with E-state index in [1.807, 2.05) is 12.1 Å². The molecule has 0 bridgehead atoms. The summed E-state index contributed by atoms with van der Waals surface area (Å²) in [4.78, 5) is 34.8. The number of rotatable bonds is 6. The van der Waals surface area contributed by atoms with E-state index >= 15 is 0 Å². The number of hydrogen-bond donors (Lipinski definition) is 0. The summed E-state index contributed by atoms with van der Waals surface area (Å²) >= 11 is 6.40. The van der Waals surface area contributed by atoms with Gasteiger partial charge in [-0.25, -0.2) is 4.79 Å². The second-order valence-corrected chi connectivity index (χ2v) is 8.03. The average molecular weight is 422 g/mol. The maximum Gasteiger partial charge on any atom is 0.332 e. The van der Waals surface area contributed by atoms with Gasteiger partial charge in [0.2, 0.25) is 5.28 Å². The molecule has 3 aromatic rings. The Morgan fingerprint density at radius 1 is 1.04 bits per heavy atom. The average Bonchev–Trinajstić information content (AvgIpc) is 3.58. The Kier molecular flexibility index (Phi) is 5.05. The van der Waals surface area contributed by atoms with Gasteiger partial charge in [-0.3, -0.25) is 18.9 Å². The number of fused-ring (bicyclic) bond motifs is 1. The van der Waals surface area contributed by atoms with Crippen molar-refractivity contribution in [3.05, 3.63) is 56.2 Å². The van der Waals surface area contributed by atoms with E-state index in [2.05, 4.69) is 9.97 Å². The van der Waals surface area contributed by atoms with Crippen molar-refractivity contribution < 1.29 is 0 Å². The lowest BCUT2D eigenvalue weighted by molar-refractivity contribution is 0.519. The molecule has 5 rings (SSSR count). The van der Waals surface area contributed by atoms with E-state index in [1.54, 1.807) is 21.5 Å². The number of imidazole rings is 1. The van der Waals surface area contributed by atoms with E-state index in [4.69, 9.17) is 11.6 Å². The van der Waals surface area contributed by atoms with E-state index in [0.717, 1.165) is 31.2 Å². The fraction of sp³-hybridized carbons (Fsp3) is 0.474. The second-order valence-electron chi connectivity index (χ2n) is 7.70. The van der Waals surface area contributed by atoms with Crippen molar-refractivity contribution in [1.29, 1.82) is 0 Å². The summed E-state index contributed by atoms with van der Waals surface area (Å²) in [5.41, 5.74) is 1.18. The van der Waals surface area contributed by atoms with E-state index in [9.17, 15) is 9.59 Å². The Balaban J connectivity index is 0.00000192. The van der Waals surface area contributed by atoms with Gasteiger partial charge in [0.15, 0.2) is 11.2 Å². The number of hydrogen-bond acceptors (Lipinski definition) is 4. The van der Waals surface area contributed by atoms with E-state index in [1.165, 1.54) is 4.57 Å². The van der Waals surface area contributed by atoms with Crippen LogP contribution in [0.2, 0.25) is 5.28 Å². The standard InChI is InChI=1S/C19H20ClN5O2.ClH/c20-18-22-16-15(23(18)11-14-2-1-7-21-8-14)17(26)25(10-13-5-6-13)19(27)24(16)9-12-3-4-12;/h1-2,7-8,12-13H,3-6,9-11H2;1H. The molecule has 0 atom stereocenters. The molecule has 2 fully saturated rings. The van der Waals surface area contributed by atoms with E-state index in [-0.39, 0.29) is 28.9 Å². The van der Waals surface area contributed by atoms with Crippen LogP contribution < -0.4 is 11.2 Å². The van der Waals surface area contributed by atoms with Gasteiger partial charge >= 0.3 is 5.69 Å². The van der Waals surface area contributed by atoms with Crippen molar-refractivity contribution in [3.8, 4) is 0 Å². The third kappa shape index (κ3) is 3.49.